The van der Waals surface area contributed by atoms with E-state index in [0.717, 1.165) is 12.1 Å². The lowest BCUT2D eigenvalue weighted by Crippen LogP contribution is -2.45. The number of nitrogens with zero attached hydrogens (tertiary/aromatic N) is 7. The van der Waals surface area contributed by atoms with Gasteiger partial charge in [0.25, 0.3) is 0 Å². The molecule has 0 atom stereocenters. The molecule has 2 aromatic carbocycles. The molecule has 0 unspecified atom stereocenters. The van der Waals surface area contributed by atoms with Crippen LogP contribution in [0.5, 0.6) is 0 Å². The Kier molecular flexibility index (Phi) is 8.64. The van der Waals surface area contributed by atoms with E-state index >= 15 is 0 Å². The summed E-state index contributed by atoms with van der Waals surface area (Å²) >= 11 is 6.19. The lowest BCUT2D eigenvalue weighted by molar-refractivity contribution is -0.111. The highest BCUT2D eigenvalue weighted by Crippen LogP contribution is 2.36. The van der Waals surface area contributed by atoms with E-state index in [9.17, 15) is 18.4 Å². The van der Waals surface area contributed by atoms with Crippen molar-refractivity contribution in [1.82, 2.24) is 29.5 Å². The normalized spacial score (nSPS) is 13.1. The Morgan fingerprint density at radius 2 is 2.00 bits per heavy atom. The van der Waals surface area contributed by atoms with E-state index in [1.54, 1.807) is 49.8 Å². The number of halogens is 3. The number of urea groups is 1. The molecule has 11 nitrogen and oxygen atoms in total. The van der Waals surface area contributed by atoms with Gasteiger partial charge in [0.15, 0.2) is 11.0 Å². The van der Waals surface area contributed by atoms with Crippen LogP contribution in [0.25, 0.3) is 0 Å². The van der Waals surface area contributed by atoms with Crippen molar-refractivity contribution in [2.24, 2.45) is 7.05 Å². The Bertz CT molecular complexity index is 1710. The summed E-state index contributed by atoms with van der Waals surface area (Å²) in [7, 11) is 5.50. The van der Waals surface area contributed by atoms with Crippen LogP contribution in [0.3, 0.4) is 0 Å². The smallest absolute Gasteiger partial charge is 0.322 e. The zero-order chi connectivity index (χ0) is 30.7. The van der Waals surface area contributed by atoms with Crippen molar-refractivity contribution in [3.63, 3.8) is 0 Å². The molecule has 0 aliphatic carbocycles. The summed E-state index contributed by atoms with van der Waals surface area (Å²) in [6, 6.07) is 9.42. The molecule has 0 fully saturated rings. The number of hydrogen-bond donors (Lipinski definition) is 2. The summed E-state index contributed by atoms with van der Waals surface area (Å²) in [5, 5.41) is 10.1. The van der Waals surface area contributed by atoms with Crippen LogP contribution in [0.1, 0.15) is 11.1 Å². The zero-order valence-corrected chi connectivity index (χ0v) is 24.3. The number of benzene rings is 2. The van der Waals surface area contributed by atoms with Crippen molar-refractivity contribution < 1.29 is 18.4 Å². The first-order valence-corrected chi connectivity index (χ1v) is 13.5. The molecule has 3 amide bonds. The summed E-state index contributed by atoms with van der Waals surface area (Å²) in [4.78, 5) is 40.1. The zero-order valence-electron chi connectivity index (χ0n) is 23.6. The maximum atomic E-state index is 14.6. The van der Waals surface area contributed by atoms with Crippen LogP contribution in [-0.4, -0.2) is 62.1 Å². The molecule has 0 radical (unpaired) electrons. The highest BCUT2D eigenvalue weighted by atomic mass is 35.5. The van der Waals surface area contributed by atoms with Gasteiger partial charge in [-0.3, -0.25) is 9.48 Å². The van der Waals surface area contributed by atoms with Crippen LogP contribution in [-0.2, 0) is 24.9 Å². The van der Waals surface area contributed by atoms with Gasteiger partial charge in [0.1, 0.15) is 11.6 Å². The number of carbonyl (C=O) groups excluding carboxylic acids is 2. The van der Waals surface area contributed by atoms with E-state index < -0.39 is 17.7 Å². The van der Waals surface area contributed by atoms with Crippen molar-refractivity contribution >= 4 is 52.4 Å². The van der Waals surface area contributed by atoms with Crippen molar-refractivity contribution in [3.8, 4) is 0 Å². The summed E-state index contributed by atoms with van der Waals surface area (Å²) in [5.74, 6) is -1.36. The van der Waals surface area contributed by atoms with Crippen molar-refractivity contribution in [2.45, 2.75) is 13.1 Å². The monoisotopic (exact) mass is 607 g/mol. The molecular formula is C29H28ClF2N9O2. The van der Waals surface area contributed by atoms with Gasteiger partial charge < -0.3 is 20.4 Å². The molecule has 0 bridgehead atoms. The molecule has 5 rings (SSSR count). The number of fused-ring (bicyclic) bond motifs is 1. The topological polar surface area (TPSA) is 112 Å². The first-order valence-electron chi connectivity index (χ1n) is 13.1. The predicted octanol–water partition coefficient (Wildman–Crippen LogP) is 5.22. The molecule has 14 heteroatoms. The van der Waals surface area contributed by atoms with Crippen molar-refractivity contribution in [1.29, 1.82) is 0 Å². The number of amides is 3. The molecule has 1 aliphatic rings. The van der Waals surface area contributed by atoms with Gasteiger partial charge in [-0.1, -0.05) is 29.8 Å². The minimum absolute atomic E-state index is 0.0719. The lowest BCUT2D eigenvalue weighted by atomic mass is 10.1. The van der Waals surface area contributed by atoms with E-state index in [4.69, 9.17) is 11.6 Å². The molecule has 2 aromatic heterocycles. The van der Waals surface area contributed by atoms with Gasteiger partial charge in [-0.15, -0.1) is 0 Å². The number of rotatable bonds is 9. The summed E-state index contributed by atoms with van der Waals surface area (Å²) in [5.41, 5.74) is 2.04. The number of anilines is 5. The third-order valence-corrected chi connectivity index (χ3v) is 6.67. The number of aryl methyl sites for hydroxylation is 1. The Hall–Kier alpha value is -4.88. The van der Waals surface area contributed by atoms with Gasteiger partial charge >= 0.3 is 6.03 Å². The van der Waals surface area contributed by atoms with Crippen LogP contribution in [0.2, 0.25) is 5.15 Å². The molecule has 4 aromatic rings. The largest absolute Gasteiger partial charge is 0.330 e. The first-order chi connectivity index (χ1) is 20.6. The first kappa shape index (κ1) is 29.6. The quantitative estimate of drug-likeness (QED) is 0.251. The third-order valence-electron chi connectivity index (χ3n) is 6.39. The van der Waals surface area contributed by atoms with Gasteiger partial charge in [-0.05, 0) is 38.4 Å². The van der Waals surface area contributed by atoms with Crippen LogP contribution in [0, 0.1) is 11.6 Å². The maximum absolute atomic E-state index is 14.6. The Labute approximate surface area is 251 Å². The highest BCUT2D eigenvalue weighted by Gasteiger charge is 2.34. The predicted molar refractivity (Wildman–Crippen MR) is 159 cm³/mol. The number of nitrogens with one attached hydrogen (secondary N) is 2. The van der Waals surface area contributed by atoms with E-state index in [2.05, 4.69) is 25.7 Å². The standard InChI is InChI=1S/C29H28ClF2N9O2/c1-38(2)11-5-8-25(42)34-21-6-4-7-22(13-21)41-27-19(14-33-28(36-27)35-24-17-39(3)37-26(24)30)16-40(29(41)43)15-18-9-10-20(31)12-23(18)32/h4-10,12-14,17H,11,15-16H2,1-3H3,(H,34,42)(H,33,35,36)/b8-5+. The Morgan fingerprint density at radius 1 is 1.19 bits per heavy atom. The van der Waals surface area contributed by atoms with Crippen LogP contribution >= 0.6 is 11.6 Å². The van der Waals surface area contributed by atoms with Gasteiger partial charge in [0, 0.05) is 54.9 Å². The molecule has 222 valence electrons. The molecular weight excluding hydrogens is 580 g/mol. The van der Waals surface area contributed by atoms with Gasteiger partial charge in [-0.25, -0.2) is 23.5 Å². The average molecular weight is 608 g/mol. The van der Waals surface area contributed by atoms with Crippen molar-refractivity contribution in [2.75, 3.05) is 36.2 Å². The molecule has 0 spiro atoms. The molecule has 43 heavy (non-hydrogen) atoms. The minimum Gasteiger partial charge on any atom is -0.322 e. The molecule has 1 aliphatic heterocycles. The molecule has 0 saturated heterocycles. The summed E-state index contributed by atoms with van der Waals surface area (Å²) in [6.45, 7) is 0.541. The van der Waals surface area contributed by atoms with Crippen molar-refractivity contribution in [3.05, 3.63) is 94.9 Å². The number of aromatic nitrogens is 4. The lowest BCUT2D eigenvalue weighted by Gasteiger charge is -2.36. The fourth-order valence-electron chi connectivity index (χ4n) is 4.42. The molecule has 3 heterocycles. The third kappa shape index (κ3) is 6.96. The van der Waals surface area contributed by atoms with Crippen LogP contribution in [0.15, 0.2) is 67.0 Å². The van der Waals surface area contributed by atoms with Crippen LogP contribution in [0.4, 0.5) is 42.4 Å². The molecule has 2 N–H and O–H groups in total. The fraction of sp³-hybridized carbons (Fsp3) is 0.207. The highest BCUT2D eigenvalue weighted by molar-refractivity contribution is 6.32. The molecule has 0 saturated carbocycles. The second-order valence-electron chi connectivity index (χ2n) is 10.1. The number of carbonyl (C=O) groups is 2. The Morgan fingerprint density at radius 3 is 2.72 bits per heavy atom. The second kappa shape index (κ2) is 12.5. The SMILES string of the molecule is CN(C)C/C=C/C(=O)Nc1cccc(N2C(=O)N(Cc3ccc(F)cc3F)Cc3cnc(Nc4cn(C)nc4Cl)nc32)c1. The average Bonchev–Trinajstić information content (AvgIpc) is 3.26. The van der Waals surface area contributed by atoms with E-state index in [1.165, 1.54) is 26.6 Å². The van der Waals surface area contributed by atoms with Gasteiger partial charge in [-0.2, -0.15) is 10.1 Å². The van der Waals surface area contributed by atoms with E-state index in [1.807, 2.05) is 19.0 Å². The van der Waals surface area contributed by atoms with Gasteiger partial charge in [0.2, 0.25) is 11.9 Å². The summed E-state index contributed by atoms with van der Waals surface area (Å²) < 4.78 is 29.6. The fourth-order valence-corrected chi connectivity index (χ4v) is 4.64. The van der Waals surface area contributed by atoms with Crippen LogP contribution < -0.4 is 15.5 Å². The number of likely N-dealkylation sites (N-methyl/N-ethyl adjacent to an activating group) is 1. The summed E-state index contributed by atoms with van der Waals surface area (Å²) in [6.07, 6.45) is 6.38. The maximum Gasteiger partial charge on any atom is 0.330 e. The number of hydrogen-bond acceptors (Lipinski definition) is 7. The Balaban J connectivity index is 1.50. The van der Waals surface area contributed by atoms with Gasteiger partial charge in [0.05, 0.1) is 24.5 Å². The minimum atomic E-state index is -0.763. The van der Waals surface area contributed by atoms with E-state index in [0.29, 0.717) is 29.2 Å². The second-order valence-corrected chi connectivity index (χ2v) is 10.4. The van der Waals surface area contributed by atoms with E-state index in [-0.39, 0.29) is 41.5 Å².